The molecule has 1 heterocycles. The first kappa shape index (κ1) is 12.1. The molecule has 1 amide bonds. The highest BCUT2D eigenvalue weighted by Crippen LogP contribution is 2.18. The van der Waals surface area contributed by atoms with Gasteiger partial charge in [0.25, 0.3) is 0 Å². The topological polar surface area (TPSA) is 52.6 Å². The average molecular weight is 234 g/mol. The Labute approximate surface area is 101 Å². The van der Waals surface area contributed by atoms with Crippen LogP contribution in [0.5, 0.6) is 0 Å². The second-order valence-corrected chi connectivity index (χ2v) is 4.45. The summed E-state index contributed by atoms with van der Waals surface area (Å²) in [5, 5.41) is 12.4. The molecule has 1 aliphatic rings. The van der Waals surface area contributed by atoms with Crippen molar-refractivity contribution in [2.24, 2.45) is 0 Å². The zero-order chi connectivity index (χ0) is 12.3. The van der Waals surface area contributed by atoms with Gasteiger partial charge in [-0.2, -0.15) is 0 Å². The number of nitrogens with zero attached hydrogens (tertiary/aromatic N) is 1. The monoisotopic (exact) mass is 234 g/mol. The van der Waals surface area contributed by atoms with E-state index >= 15 is 0 Å². The predicted molar refractivity (Wildman–Crippen MR) is 67.0 cm³/mol. The van der Waals surface area contributed by atoms with Crippen molar-refractivity contribution in [2.75, 3.05) is 24.5 Å². The smallest absolute Gasteiger partial charge is 0.240 e. The van der Waals surface area contributed by atoms with Gasteiger partial charge in [0.15, 0.2) is 0 Å². The second kappa shape index (κ2) is 5.29. The number of amides is 1. The van der Waals surface area contributed by atoms with Crippen molar-refractivity contribution in [1.29, 1.82) is 0 Å². The number of carbonyl (C=O) groups is 1. The number of aliphatic hydroxyl groups excluding tert-OH is 1. The van der Waals surface area contributed by atoms with Crippen molar-refractivity contribution in [3.8, 4) is 0 Å². The summed E-state index contributed by atoms with van der Waals surface area (Å²) in [5.74, 6) is 0.102. The van der Waals surface area contributed by atoms with Crippen molar-refractivity contribution in [1.82, 2.24) is 5.32 Å². The molecule has 0 aromatic heterocycles. The third-order valence-corrected chi connectivity index (χ3v) is 2.84. The van der Waals surface area contributed by atoms with Gasteiger partial charge in [-0.05, 0) is 31.0 Å². The highest BCUT2D eigenvalue weighted by molar-refractivity contribution is 5.95. The minimum atomic E-state index is -0.357. The first-order valence-corrected chi connectivity index (χ1v) is 5.95. The molecule has 1 aromatic rings. The summed E-state index contributed by atoms with van der Waals surface area (Å²) in [6.45, 7) is 3.70. The maximum atomic E-state index is 11.7. The molecule has 1 atom stereocenters. The van der Waals surface area contributed by atoms with E-state index in [-0.39, 0.29) is 12.0 Å². The lowest BCUT2D eigenvalue weighted by molar-refractivity contribution is -0.118. The van der Waals surface area contributed by atoms with Crippen LogP contribution in [-0.4, -0.2) is 36.8 Å². The third-order valence-electron chi connectivity index (χ3n) is 2.84. The van der Waals surface area contributed by atoms with Crippen molar-refractivity contribution < 1.29 is 9.90 Å². The Morgan fingerprint density at radius 2 is 2.35 bits per heavy atom. The van der Waals surface area contributed by atoms with E-state index in [2.05, 4.69) is 5.32 Å². The molecule has 17 heavy (non-hydrogen) atoms. The van der Waals surface area contributed by atoms with E-state index in [0.717, 1.165) is 17.8 Å². The number of rotatable bonds is 3. The Morgan fingerprint density at radius 3 is 3.06 bits per heavy atom. The van der Waals surface area contributed by atoms with E-state index in [0.29, 0.717) is 19.5 Å². The van der Waals surface area contributed by atoms with Crippen LogP contribution in [0.2, 0.25) is 0 Å². The number of hydrogen-bond acceptors (Lipinski definition) is 3. The largest absolute Gasteiger partial charge is 0.393 e. The highest BCUT2D eigenvalue weighted by Gasteiger charge is 2.19. The fraction of sp³-hybridized carbons (Fsp3) is 0.462. The normalized spacial score (nSPS) is 18.2. The lowest BCUT2D eigenvalue weighted by Gasteiger charge is -2.27. The van der Waals surface area contributed by atoms with Gasteiger partial charge in [-0.25, -0.2) is 0 Å². The van der Waals surface area contributed by atoms with Gasteiger partial charge >= 0.3 is 0 Å². The van der Waals surface area contributed by atoms with E-state index in [9.17, 15) is 9.90 Å². The van der Waals surface area contributed by atoms with Gasteiger partial charge in [0.05, 0.1) is 12.6 Å². The molecule has 0 aliphatic carbocycles. The summed E-state index contributed by atoms with van der Waals surface area (Å²) < 4.78 is 0. The van der Waals surface area contributed by atoms with Crippen molar-refractivity contribution in [3.05, 3.63) is 29.8 Å². The van der Waals surface area contributed by atoms with Crippen LogP contribution >= 0.6 is 0 Å². The van der Waals surface area contributed by atoms with Crippen LogP contribution in [0.3, 0.4) is 0 Å². The molecule has 2 N–H and O–H groups in total. The van der Waals surface area contributed by atoms with Crippen LogP contribution in [0.4, 0.5) is 5.69 Å². The van der Waals surface area contributed by atoms with Crippen LogP contribution in [0.1, 0.15) is 12.5 Å². The summed E-state index contributed by atoms with van der Waals surface area (Å²) in [6.07, 6.45) is 0.262. The quantitative estimate of drug-likeness (QED) is 0.803. The first-order valence-electron chi connectivity index (χ1n) is 5.95. The van der Waals surface area contributed by atoms with Crippen LogP contribution in [0.15, 0.2) is 24.3 Å². The molecule has 2 rings (SSSR count). The van der Waals surface area contributed by atoms with Gasteiger partial charge in [0.2, 0.25) is 5.91 Å². The minimum Gasteiger partial charge on any atom is -0.393 e. The molecule has 0 radical (unpaired) electrons. The van der Waals surface area contributed by atoms with Gasteiger partial charge in [-0.15, -0.1) is 0 Å². The maximum absolute atomic E-state index is 11.7. The van der Waals surface area contributed by atoms with Gasteiger partial charge in [-0.3, -0.25) is 4.79 Å². The predicted octanol–water partition coefficient (Wildman–Crippen LogP) is 0.546. The van der Waals surface area contributed by atoms with Crippen LogP contribution < -0.4 is 10.2 Å². The fourth-order valence-electron chi connectivity index (χ4n) is 2.07. The Morgan fingerprint density at radius 1 is 1.53 bits per heavy atom. The molecule has 0 saturated carbocycles. The van der Waals surface area contributed by atoms with E-state index in [1.54, 1.807) is 11.8 Å². The Bertz CT molecular complexity index is 404. The number of piperazine rings is 1. The molecule has 1 aromatic carbocycles. The standard InChI is InChI=1S/C13H18N2O2/c1-10(16)7-11-3-2-4-12(8-11)15-6-5-14-9-13(15)17/h2-4,8,10,14,16H,5-7,9H2,1H3. The molecular formula is C13H18N2O2. The number of benzene rings is 1. The number of carbonyl (C=O) groups excluding carboxylic acids is 1. The Hall–Kier alpha value is -1.39. The van der Waals surface area contributed by atoms with E-state index in [1.807, 2.05) is 24.3 Å². The Kier molecular flexibility index (Phi) is 3.76. The van der Waals surface area contributed by atoms with Crippen molar-refractivity contribution in [3.63, 3.8) is 0 Å². The molecule has 0 spiro atoms. The molecule has 1 aliphatic heterocycles. The lowest BCUT2D eigenvalue weighted by atomic mass is 10.1. The molecule has 0 bridgehead atoms. The van der Waals surface area contributed by atoms with E-state index in [4.69, 9.17) is 0 Å². The molecule has 92 valence electrons. The van der Waals surface area contributed by atoms with Gasteiger partial charge in [0, 0.05) is 18.8 Å². The SMILES string of the molecule is CC(O)Cc1cccc(N2CCNCC2=O)c1. The third kappa shape index (κ3) is 3.05. The summed E-state index contributed by atoms with van der Waals surface area (Å²) in [6, 6.07) is 7.83. The molecule has 1 unspecified atom stereocenters. The number of hydrogen-bond donors (Lipinski definition) is 2. The second-order valence-electron chi connectivity index (χ2n) is 4.45. The highest BCUT2D eigenvalue weighted by atomic mass is 16.3. The van der Waals surface area contributed by atoms with Gasteiger partial charge < -0.3 is 15.3 Å². The van der Waals surface area contributed by atoms with Crippen LogP contribution in [0.25, 0.3) is 0 Å². The fourth-order valence-corrected chi connectivity index (χ4v) is 2.07. The summed E-state index contributed by atoms with van der Waals surface area (Å²) in [7, 11) is 0. The van der Waals surface area contributed by atoms with E-state index < -0.39 is 0 Å². The zero-order valence-corrected chi connectivity index (χ0v) is 10.0. The van der Waals surface area contributed by atoms with Gasteiger partial charge in [-0.1, -0.05) is 12.1 Å². The van der Waals surface area contributed by atoms with Crippen LogP contribution in [-0.2, 0) is 11.2 Å². The summed E-state index contributed by atoms with van der Waals surface area (Å²) >= 11 is 0. The maximum Gasteiger partial charge on any atom is 0.240 e. The minimum absolute atomic E-state index is 0.102. The van der Waals surface area contributed by atoms with Crippen molar-refractivity contribution >= 4 is 11.6 Å². The Balaban J connectivity index is 2.17. The number of nitrogens with one attached hydrogen (secondary N) is 1. The number of aliphatic hydroxyl groups is 1. The molecule has 4 nitrogen and oxygen atoms in total. The molecule has 4 heteroatoms. The zero-order valence-electron chi connectivity index (χ0n) is 10.0. The summed E-state index contributed by atoms with van der Waals surface area (Å²) in [5.41, 5.74) is 1.98. The summed E-state index contributed by atoms with van der Waals surface area (Å²) in [4.78, 5) is 13.5. The molecule has 1 saturated heterocycles. The lowest BCUT2D eigenvalue weighted by Crippen LogP contribution is -2.48. The van der Waals surface area contributed by atoms with Gasteiger partial charge in [0.1, 0.15) is 0 Å². The van der Waals surface area contributed by atoms with E-state index in [1.165, 1.54) is 0 Å². The first-order chi connectivity index (χ1) is 8.16. The van der Waals surface area contributed by atoms with Crippen LogP contribution in [0, 0.1) is 0 Å². The van der Waals surface area contributed by atoms with Crippen molar-refractivity contribution in [2.45, 2.75) is 19.4 Å². The average Bonchev–Trinajstić information content (AvgIpc) is 2.29. The molecule has 1 fully saturated rings. The molecular weight excluding hydrogens is 216 g/mol. The number of anilines is 1.